The number of pyridine rings is 1. The molecule has 0 fully saturated rings. The second kappa shape index (κ2) is 8.39. The molecule has 2 N–H and O–H groups in total. The van der Waals surface area contributed by atoms with Crippen LogP contribution in [0.1, 0.15) is 29.4 Å². The van der Waals surface area contributed by atoms with Crippen LogP contribution in [0.2, 0.25) is 5.02 Å². The maximum absolute atomic E-state index is 12.0. The van der Waals surface area contributed by atoms with E-state index in [0.29, 0.717) is 17.3 Å². The van der Waals surface area contributed by atoms with Gasteiger partial charge in [-0.25, -0.2) is 4.98 Å². The van der Waals surface area contributed by atoms with Gasteiger partial charge in [0.05, 0.1) is 11.9 Å². The van der Waals surface area contributed by atoms with Crippen molar-refractivity contribution in [3.63, 3.8) is 0 Å². The quantitative estimate of drug-likeness (QED) is 0.821. The van der Waals surface area contributed by atoms with Crippen LogP contribution in [0.5, 0.6) is 0 Å². The highest BCUT2D eigenvalue weighted by atomic mass is 35.5. The molecular formula is C17H20ClN3O. The molecule has 0 aliphatic rings. The zero-order chi connectivity index (χ0) is 15.8. The first-order valence-electron chi connectivity index (χ1n) is 7.41. The van der Waals surface area contributed by atoms with E-state index in [1.807, 2.05) is 30.3 Å². The Morgan fingerprint density at radius 2 is 1.91 bits per heavy atom. The first-order valence-corrected chi connectivity index (χ1v) is 7.79. The normalized spacial score (nSPS) is 10.3. The minimum absolute atomic E-state index is 0.156. The number of amides is 1. The van der Waals surface area contributed by atoms with Crippen molar-refractivity contribution in [2.45, 2.75) is 19.8 Å². The number of anilines is 1. The summed E-state index contributed by atoms with van der Waals surface area (Å²) in [5.41, 5.74) is 2.49. The third-order valence-corrected chi connectivity index (χ3v) is 3.44. The molecule has 2 rings (SSSR count). The van der Waals surface area contributed by atoms with Crippen molar-refractivity contribution in [3.05, 3.63) is 58.9 Å². The molecule has 0 saturated carbocycles. The summed E-state index contributed by atoms with van der Waals surface area (Å²) in [7, 11) is 0. The first kappa shape index (κ1) is 16.3. The lowest BCUT2D eigenvalue weighted by Crippen LogP contribution is -2.26. The van der Waals surface area contributed by atoms with E-state index >= 15 is 0 Å². The van der Waals surface area contributed by atoms with Crippen LogP contribution in [0.15, 0.2) is 42.6 Å². The van der Waals surface area contributed by atoms with Gasteiger partial charge in [-0.05, 0) is 42.7 Å². The zero-order valence-electron chi connectivity index (χ0n) is 12.6. The second-order valence-electron chi connectivity index (χ2n) is 4.99. The summed E-state index contributed by atoms with van der Waals surface area (Å²) in [5, 5.41) is 6.81. The molecule has 2 aromatic rings. The summed E-state index contributed by atoms with van der Waals surface area (Å²) < 4.78 is 0. The summed E-state index contributed by atoms with van der Waals surface area (Å²) in [5.74, 6) is -0.156. The van der Waals surface area contributed by atoms with Gasteiger partial charge in [0.2, 0.25) is 0 Å². The van der Waals surface area contributed by atoms with Crippen LogP contribution in [-0.2, 0) is 6.42 Å². The predicted molar refractivity (Wildman–Crippen MR) is 90.5 cm³/mol. The summed E-state index contributed by atoms with van der Waals surface area (Å²) in [6, 6.07) is 11.2. The van der Waals surface area contributed by atoms with Gasteiger partial charge in [-0.15, -0.1) is 0 Å². The van der Waals surface area contributed by atoms with Crippen molar-refractivity contribution in [1.82, 2.24) is 10.3 Å². The number of carbonyl (C=O) groups is 1. The Hall–Kier alpha value is -2.07. The van der Waals surface area contributed by atoms with Gasteiger partial charge >= 0.3 is 0 Å². The van der Waals surface area contributed by atoms with Crippen LogP contribution in [-0.4, -0.2) is 24.0 Å². The van der Waals surface area contributed by atoms with Crippen molar-refractivity contribution in [3.8, 4) is 0 Å². The predicted octanol–water partition coefficient (Wildman–Crippen LogP) is 3.53. The molecule has 4 nitrogen and oxygen atoms in total. The van der Waals surface area contributed by atoms with Crippen molar-refractivity contribution in [1.29, 1.82) is 0 Å². The molecule has 0 bridgehead atoms. The number of hydrogen-bond acceptors (Lipinski definition) is 3. The van der Waals surface area contributed by atoms with Crippen LogP contribution in [0.3, 0.4) is 0 Å². The molecule has 1 heterocycles. The lowest BCUT2D eigenvalue weighted by Gasteiger charge is -2.07. The minimum Gasteiger partial charge on any atom is -0.384 e. The van der Waals surface area contributed by atoms with Gasteiger partial charge in [0.1, 0.15) is 5.69 Å². The largest absolute Gasteiger partial charge is 0.384 e. The number of nitrogens with zero attached hydrogens (tertiary/aromatic N) is 1. The zero-order valence-corrected chi connectivity index (χ0v) is 13.4. The Morgan fingerprint density at radius 3 is 2.55 bits per heavy atom. The smallest absolute Gasteiger partial charge is 0.269 e. The fraction of sp³-hybridized carbons (Fsp3) is 0.294. The molecular weight excluding hydrogens is 298 g/mol. The van der Waals surface area contributed by atoms with Gasteiger partial charge in [-0.2, -0.15) is 0 Å². The van der Waals surface area contributed by atoms with Gasteiger partial charge in [0, 0.05) is 18.1 Å². The molecule has 0 aliphatic heterocycles. The molecule has 0 saturated heterocycles. The van der Waals surface area contributed by atoms with Gasteiger partial charge < -0.3 is 10.6 Å². The van der Waals surface area contributed by atoms with E-state index in [-0.39, 0.29) is 5.91 Å². The van der Waals surface area contributed by atoms with Gasteiger partial charge in [0.25, 0.3) is 5.91 Å². The molecule has 22 heavy (non-hydrogen) atoms. The number of carbonyl (C=O) groups excluding carboxylic acids is 1. The Kier molecular flexibility index (Phi) is 6.22. The Balaban J connectivity index is 1.80. The van der Waals surface area contributed by atoms with Gasteiger partial charge in [-0.1, -0.05) is 30.7 Å². The highest BCUT2D eigenvalue weighted by molar-refractivity contribution is 6.30. The summed E-state index contributed by atoms with van der Waals surface area (Å²) in [4.78, 5) is 16.2. The molecule has 116 valence electrons. The standard InChI is InChI=1S/C17H20ClN3O/c1-2-10-19-15-7-8-16(21-12-15)17(22)20-11-9-13-3-5-14(18)6-4-13/h3-8,12,19H,2,9-11H2,1H3,(H,20,22). The lowest BCUT2D eigenvalue weighted by molar-refractivity contribution is 0.0949. The molecule has 1 amide bonds. The fourth-order valence-electron chi connectivity index (χ4n) is 1.96. The highest BCUT2D eigenvalue weighted by Crippen LogP contribution is 2.10. The Labute approximate surface area is 135 Å². The number of nitrogens with one attached hydrogen (secondary N) is 2. The minimum atomic E-state index is -0.156. The number of aromatic nitrogens is 1. The van der Waals surface area contributed by atoms with Crippen LogP contribution in [0.4, 0.5) is 5.69 Å². The second-order valence-corrected chi connectivity index (χ2v) is 5.43. The van der Waals surface area contributed by atoms with E-state index in [1.54, 1.807) is 12.3 Å². The Morgan fingerprint density at radius 1 is 1.14 bits per heavy atom. The van der Waals surface area contributed by atoms with Crippen molar-refractivity contribution >= 4 is 23.2 Å². The van der Waals surface area contributed by atoms with Gasteiger partial charge in [-0.3, -0.25) is 4.79 Å². The number of hydrogen-bond donors (Lipinski definition) is 2. The fourth-order valence-corrected chi connectivity index (χ4v) is 2.09. The van der Waals surface area contributed by atoms with Gasteiger partial charge in [0.15, 0.2) is 0 Å². The molecule has 1 aromatic heterocycles. The van der Waals surface area contributed by atoms with Crippen molar-refractivity contribution in [2.75, 3.05) is 18.4 Å². The third kappa shape index (κ3) is 5.04. The average Bonchev–Trinajstić information content (AvgIpc) is 2.55. The summed E-state index contributed by atoms with van der Waals surface area (Å²) >= 11 is 5.84. The first-order chi connectivity index (χ1) is 10.7. The maximum atomic E-state index is 12.0. The molecule has 0 radical (unpaired) electrons. The molecule has 0 atom stereocenters. The highest BCUT2D eigenvalue weighted by Gasteiger charge is 2.06. The number of rotatable bonds is 7. The van der Waals surface area contributed by atoms with E-state index in [9.17, 15) is 4.79 Å². The molecule has 5 heteroatoms. The number of benzene rings is 1. The number of halogens is 1. The van der Waals surface area contributed by atoms with E-state index in [1.165, 1.54) is 0 Å². The van der Waals surface area contributed by atoms with E-state index < -0.39 is 0 Å². The summed E-state index contributed by atoms with van der Waals surface area (Å²) in [6.45, 7) is 3.56. The maximum Gasteiger partial charge on any atom is 0.269 e. The Bertz CT molecular complexity index is 596. The van der Waals surface area contributed by atoms with Crippen LogP contribution in [0.25, 0.3) is 0 Å². The van der Waals surface area contributed by atoms with Crippen molar-refractivity contribution < 1.29 is 4.79 Å². The molecule has 1 aromatic carbocycles. The van der Waals surface area contributed by atoms with E-state index in [0.717, 1.165) is 30.6 Å². The van der Waals surface area contributed by atoms with E-state index in [4.69, 9.17) is 11.6 Å². The van der Waals surface area contributed by atoms with Crippen LogP contribution in [0, 0.1) is 0 Å². The molecule has 0 spiro atoms. The molecule has 0 unspecified atom stereocenters. The van der Waals surface area contributed by atoms with E-state index in [2.05, 4.69) is 22.5 Å². The van der Waals surface area contributed by atoms with Crippen LogP contribution >= 0.6 is 11.6 Å². The summed E-state index contributed by atoms with van der Waals surface area (Å²) in [6.07, 6.45) is 3.50. The average molecular weight is 318 g/mol. The lowest BCUT2D eigenvalue weighted by atomic mass is 10.1. The third-order valence-electron chi connectivity index (χ3n) is 3.19. The topological polar surface area (TPSA) is 54.0 Å². The SMILES string of the molecule is CCCNc1ccc(C(=O)NCCc2ccc(Cl)cc2)nc1. The van der Waals surface area contributed by atoms with Crippen LogP contribution < -0.4 is 10.6 Å². The van der Waals surface area contributed by atoms with Crippen molar-refractivity contribution in [2.24, 2.45) is 0 Å². The monoisotopic (exact) mass is 317 g/mol. The molecule has 0 aliphatic carbocycles.